The molecule has 1 aromatic rings. The Morgan fingerprint density at radius 3 is 2.68 bits per heavy atom. The second kappa shape index (κ2) is 7.49. The van der Waals surface area contributed by atoms with Crippen LogP contribution in [-0.4, -0.2) is 43.8 Å². The van der Waals surface area contributed by atoms with Gasteiger partial charge in [0.1, 0.15) is 0 Å². The molecule has 2 aliphatic rings. The van der Waals surface area contributed by atoms with Crippen molar-refractivity contribution in [1.82, 2.24) is 10.2 Å². The summed E-state index contributed by atoms with van der Waals surface area (Å²) in [4.78, 5) is 14.6. The SMILES string of the molecule is O=C(NCCCN1CCCCCC1)c1ccc2c(c1)OCO2. The van der Waals surface area contributed by atoms with E-state index in [0.29, 0.717) is 23.6 Å². The molecule has 120 valence electrons. The number of amides is 1. The monoisotopic (exact) mass is 304 g/mol. The Bertz CT molecular complexity index is 511. The van der Waals surface area contributed by atoms with Crippen molar-refractivity contribution in [2.24, 2.45) is 0 Å². The molecule has 0 atom stereocenters. The lowest BCUT2D eigenvalue weighted by Gasteiger charge is -2.19. The number of ether oxygens (including phenoxy) is 2. The van der Waals surface area contributed by atoms with Crippen LogP contribution in [0.2, 0.25) is 0 Å². The van der Waals surface area contributed by atoms with Crippen LogP contribution < -0.4 is 14.8 Å². The number of carbonyl (C=O) groups is 1. The predicted octanol–water partition coefficient (Wildman–Crippen LogP) is 2.41. The van der Waals surface area contributed by atoms with Gasteiger partial charge in [-0.15, -0.1) is 0 Å². The molecule has 22 heavy (non-hydrogen) atoms. The number of fused-ring (bicyclic) bond motifs is 1. The largest absolute Gasteiger partial charge is 0.454 e. The van der Waals surface area contributed by atoms with Gasteiger partial charge in [-0.2, -0.15) is 0 Å². The van der Waals surface area contributed by atoms with Gasteiger partial charge < -0.3 is 19.7 Å². The van der Waals surface area contributed by atoms with Crippen LogP contribution in [0, 0.1) is 0 Å². The van der Waals surface area contributed by atoms with E-state index in [1.54, 1.807) is 18.2 Å². The third-order valence-electron chi connectivity index (χ3n) is 4.27. The zero-order valence-electron chi connectivity index (χ0n) is 13.0. The van der Waals surface area contributed by atoms with Gasteiger partial charge in [0.05, 0.1) is 0 Å². The normalized spacial score (nSPS) is 18.0. The van der Waals surface area contributed by atoms with E-state index in [4.69, 9.17) is 9.47 Å². The molecule has 0 saturated carbocycles. The first-order chi connectivity index (χ1) is 10.8. The predicted molar refractivity (Wildman–Crippen MR) is 84.4 cm³/mol. The van der Waals surface area contributed by atoms with E-state index in [2.05, 4.69) is 10.2 Å². The van der Waals surface area contributed by atoms with Gasteiger partial charge in [0.2, 0.25) is 6.79 Å². The number of nitrogens with zero attached hydrogens (tertiary/aromatic N) is 1. The van der Waals surface area contributed by atoms with Gasteiger partial charge in [-0.05, 0) is 57.1 Å². The van der Waals surface area contributed by atoms with Crippen molar-refractivity contribution < 1.29 is 14.3 Å². The number of rotatable bonds is 5. The molecular weight excluding hydrogens is 280 g/mol. The van der Waals surface area contributed by atoms with Gasteiger partial charge in [0.15, 0.2) is 11.5 Å². The minimum absolute atomic E-state index is 0.0471. The molecule has 2 heterocycles. The van der Waals surface area contributed by atoms with E-state index < -0.39 is 0 Å². The Morgan fingerprint density at radius 2 is 1.86 bits per heavy atom. The Hall–Kier alpha value is -1.75. The first kappa shape index (κ1) is 15.2. The summed E-state index contributed by atoms with van der Waals surface area (Å²) in [6.45, 7) is 4.42. The molecule has 0 aromatic heterocycles. The van der Waals surface area contributed by atoms with Gasteiger partial charge in [0.25, 0.3) is 5.91 Å². The van der Waals surface area contributed by atoms with Crippen molar-refractivity contribution in [2.75, 3.05) is 33.0 Å². The highest BCUT2D eigenvalue weighted by molar-refractivity contribution is 5.94. The quantitative estimate of drug-likeness (QED) is 0.849. The Balaban J connectivity index is 1.40. The van der Waals surface area contributed by atoms with Gasteiger partial charge in [-0.3, -0.25) is 4.79 Å². The molecule has 0 spiro atoms. The second-order valence-electron chi connectivity index (χ2n) is 5.93. The maximum absolute atomic E-state index is 12.1. The Kier molecular flexibility index (Phi) is 5.16. The fourth-order valence-corrected chi connectivity index (χ4v) is 3.00. The second-order valence-corrected chi connectivity index (χ2v) is 5.93. The average Bonchev–Trinajstić information content (AvgIpc) is 2.85. The lowest BCUT2D eigenvalue weighted by atomic mass is 10.2. The van der Waals surface area contributed by atoms with Gasteiger partial charge >= 0.3 is 0 Å². The summed E-state index contributed by atoms with van der Waals surface area (Å²) in [6.07, 6.45) is 6.33. The molecule has 1 amide bonds. The molecule has 1 aromatic carbocycles. The molecule has 0 bridgehead atoms. The van der Waals surface area contributed by atoms with Crippen molar-refractivity contribution in [3.05, 3.63) is 23.8 Å². The smallest absolute Gasteiger partial charge is 0.251 e. The first-order valence-corrected chi connectivity index (χ1v) is 8.23. The van der Waals surface area contributed by atoms with Crippen molar-refractivity contribution in [3.63, 3.8) is 0 Å². The van der Waals surface area contributed by atoms with E-state index >= 15 is 0 Å². The van der Waals surface area contributed by atoms with Crippen molar-refractivity contribution >= 4 is 5.91 Å². The summed E-state index contributed by atoms with van der Waals surface area (Å²) in [7, 11) is 0. The van der Waals surface area contributed by atoms with Gasteiger partial charge in [-0.25, -0.2) is 0 Å². The lowest BCUT2D eigenvalue weighted by Crippen LogP contribution is -2.30. The van der Waals surface area contributed by atoms with Crippen LogP contribution >= 0.6 is 0 Å². The Labute approximate surface area is 131 Å². The molecule has 0 unspecified atom stereocenters. The fourth-order valence-electron chi connectivity index (χ4n) is 3.00. The molecule has 5 heteroatoms. The topological polar surface area (TPSA) is 50.8 Å². The molecule has 1 saturated heterocycles. The minimum atomic E-state index is -0.0471. The Morgan fingerprint density at radius 1 is 1.09 bits per heavy atom. The van der Waals surface area contributed by atoms with Crippen molar-refractivity contribution in [1.29, 1.82) is 0 Å². The third-order valence-corrected chi connectivity index (χ3v) is 4.27. The summed E-state index contributed by atoms with van der Waals surface area (Å²) < 4.78 is 10.5. The molecule has 5 nitrogen and oxygen atoms in total. The van der Waals surface area contributed by atoms with Crippen molar-refractivity contribution in [2.45, 2.75) is 32.1 Å². The zero-order chi connectivity index (χ0) is 15.2. The average molecular weight is 304 g/mol. The maximum Gasteiger partial charge on any atom is 0.251 e. The van der Waals surface area contributed by atoms with Crippen LogP contribution in [-0.2, 0) is 0 Å². The minimum Gasteiger partial charge on any atom is -0.454 e. The van der Waals surface area contributed by atoms with Crippen LogP contribution in [0.1, 0.15) is 42.5 Å². The summed E-state index contributed by atoms with van der Waals surface area (Å²) in [5, 5.41) is 2.98. The summed E-state index contributed by atoms with van der Waals surface area (Å²) in [5.74, 6) is 1.31. The van der Waals surface area contributed by atoms with Crippen LogP contribution in [0.4, 0.5) is 0 Å². The molecule has 2 aliphatic heterocycles. The summed E-state index contributed by atoms with van der Waals surface area (Å²) in [5.41, 5.74) is 0.624. The van der Waals surface area contributed by atoms with E-state index in [0.717, 1.165) is 13.0 Å². The number of nitrogens with one attached hydrogen (secondary N) is 1. The first-order valence-electron chi connectivity index (χ1n) is 8.23. The van der Waals surface area contributed by atoms with Crippen molar-refractivity contribution in [3.8, 4) is 11.5 Å². The third kappa shape index (κ3) is 3.91. The van der Waals surface area contributed by atoms with Gasteiger partial charge in [0, 0.05) is 12.1 Å². The molecule has 0 radical (unpaired) electrons. The van der Waals surface area contributed by atoms with E-state index in [-0.39, 0.29) is 12.7 Å². The highest BCUT2D eigenvalue weighted by Crippen LogP contribution is 2.32. The standard InChI is InChI=1S/C17H24N2O3/c20-17(14-6-7-15-16(12-14)22-13-21-15)18-8-5-11-19-9-3-1-2-4-10-19/h6-7,12H,1-5,8-11,13H2,(H,18,20). The van der Waals surface area contributed by atoms with Gasteiger partial charge in [-0.1, -0.05) is 12.8 Å². The number of likely N-dealkylation sites (tertiary alicyclic amines) is 1. The van der Waals surface area contributed by atoms with Crippen LogP contribution in [0.5, 0.6) is 11.5 Å². The molecule has 1 N–H and O–H groups in total. The number of hydrogen-bond donors (Lipinski definition) is 1. The van der Waals surface area contributed by atoms with E-state index in [1.165, 1.54) is 38.8 Å². The van der Waals surface area contributed by atoms with Crippen LogP contribution in [0.3, 0.4) is 0 Å². The van der Waals surface area contributed by atoms with E-state index in [1.807, 2.05) is 0 Å². The lowest BCUT2D eigenvalue weighted by molar-refractivity contribution is 0.0951. The number of carbonyl (C=O) groups excluding carboxylic acids is 1. The fraction of sp³-hybridized carbons (Fsp3) is 0.588. The molecule has 1 fully saturated rings. The maximum atomic E-state index is 12.1. The molecule has 0 aliphatic carbocycles. The molecular formula is C17H24N2O3. The highest BCUT2D eigenvalue weighted by Gasteiger charge is 2.16. The zero-order valence-corrected chi connectivity index (χ0v) is 13.0. The van der Waals surface area contributed by atoms with Crippen LogP contribution in [0.25, 0.3) is 0 Å². The van der Waals surface area contributed by atoms with Crippen LogP contribution in [0.15, 0.2) is 18.2 Å². The number of benzene rings is 1. The molecule has 3 rings (SSSR count). The van der Waals surface area contributed by atoms with E-state index in [9.17, 15) is 4.79 Å². The highest BCUT2D eigenvalue weighted by atomic mass is 16.7. The number of hydrogen-bond acceptors (Lipinski definition) is 4. The summed E-state index contributed by atoms with van der Waals surface area (Å²) >= 11 is 0. The summed E-state index contributed by atoms with van der Waals surface area (Å²) in [6, 6.07) is 5.30.